The van der Waals surface area contributed by atoms with Gasteiger partial charge in [0.1, 0.15) is 5.75 Å². The van der Waals surface area contributed by atoms with Gasteiger partial charge in [-0.25, -0.2) is 0 Å². The summed E-state index contributed by atoms with van der Waals surface area (Å²) in [5.41, 5.74) is 0.970. The van der Waals surface area contributed by atoms with E-state index >= 15 is 0 Å². The normalized spacial score (nSPS) is 10.4. The summed E-state index contributed by atoms with van der Waals surface area (Å²) in [6, 6.07) is 7.73. The Kier molecular flexibility index (Phi) is 7.99. The molecule has 0 atom stereocenters. The van der Waals surface area contributed by atoms with Gasteiger partial charge in [-0.05, 0) is 50.3 Å². The zero-order chi connectivity index (χ0) is 14.8. The van der Waals surface area contributed by atoms with Crippen molar-refractivity contribution in [2.75, 3.05) is 38.6 Å². The summed E-state index contributed by atoms with van der Waals surface area (Å²) < 4.78 is 5.12. The third-order valence-electron chi connectivity index (χ3n) is 3.34. The monoisotopic (exact) mass is 296 g/mol. The second-order valence-electron chi connectivity index (χ2n) is 4.67. The summed E-state index contributed by atoms with van der Waals surface area (Å²) in [5.74, 6) is 0.844. The van der Waals surface area contributed by atoms with E-state index in [-0.39, 0.29) is 0 Å². The van der Waals surface area contributed by atoms with E-state index in [0.717, 1.165) is 24.4 Å². The van der Waals surface area contributed by atoms with Crippen molar-refractivity contribution in [1.82, 2.24) is 5.32 Å². The minimum absolute atomic E-state index is 0.671. The average Bonchev–Trinajstić information content (AvgIpc) is 2.48. The average molecular weight is 296 g/mol. The van der Waals surface area contributed by atoms with Crippen molar-refractivity contribution in [3.63, 3.8) is 0 Å². The fraction of sp³-hybridized carbons (Fsp3) is 0.533. The van der Waals surface area contributed by atoms with Crippen LogP contribution in [0.25, 0.3) is 0 Å². The largest absolute Gasteiger partial charge is 0.497 e. The van der Waals surface area contributed by atoms with Gasteiger partial charge in [0.2, 0.25) is 0 Å². The van der Waals surface area contributed by atoms with Crippen LogP contribution in [0.3, 0.4) is 0 Å². The van der Waals surface area contributed by atoms with Crippen molar-refractivity contribution in [2.24, 2.45) is 0 Å². The van der Waals surface area contributed by atoms with Crippen LogP contribution in [-0.2, 0) is 0 Å². The highest BCUT2D eigenvalue weighted by atomic mass is 32.1. The number of ether oxygens (including phenoxy) is 1. The molecule has 0 aromatic heterocycles. The third-order valence-corrected chi connectivity index (χ3v) is 3.59. The Hall–Kier alpha value is -1.33. The highest BCUT2D eigenvalue weighted by Crippen LogP contribution is 2.14. The maximum Gasteiger partial charge on any atom is 0.170 e. The SMILES string of the molecule is CC[NH+](CC)CCCNC(=S)Nc1ccc(OC)cc1. The van der Waals surface area contributed by atoms with E-state index in [1.807, 2.05) is 24.3 Å². The minimum atomic E-state index is 0.671. The smallest absolute Gasteiger partial charge is 0.170 e. The first kappa shape index (κ1) is 16.7. The molecular formula is C15H26N3OS+. The molecule has 1 aromatic rings. The Morgan fingerprint density at radius 1 is 1.20 bits per heavy atom. The zero-order valence-electron chi connectivity index (χ0n) is 12.7. The zero-order valence-corrected chi connectivity index (χ0v) is 13.5. The second kappa shape index (κ2) is 9.55. The van der Waals surface area contributed by atoms with Crippen molar-refractivity contribution in [3.05, 3.63) is 24.3 Å². The predicted molar refractivity (Wildman–Crippen MR) is 88.7 cm³/mol. The van der Waals surface area contributed by atoms with Gasteiger partial charge in [0, 0.05) is 18.7 Å². The molecule has 0 bridgehead atoms. The number of thiocarbonyl (C=S) groups is 1. The van der Waals surface area contributed by atoms with Crippen LogP contribution in [0.1, 0.15) is 20.3 Å². The molecule has 0 aliphatic carbocycles. The Labute approximate surface area is 127 Å². The summed E-state index contributed by atoms with van der Waals surface area (Å²) in [7, 11) is 1.66. The van der Waals surface area contributed by atoms with E-state index < -0.39 is 0 Å². The van der Waals surface area contributed by atoms with Crippen LogP contribution in [0.4, 0.5) is 5.69 Å². The lowest BCUT2D eigenvalue weighted by Gasteiger charge is -2.16. The topological polar surface area (TPSA) is 37.7 Å². The predicted octanol–water partition coefficient (Wildman–Crippen LogP) is 1.30. The fourth-order valence-electron chi connectivity index (χ4n) is 1.99. The molecule has 0 fully saturated rings. The van der Waals surface area contributed by atoms with Gasteiger partial charge in [0.25, 0.3) is 0 Å². The summed E-state index contributed by atoms with van der Waals surface area (Å²) in [4.78, 5) is 1.63. The molecule has 20 heavy (non-hydrogen) atoms. The lowest BCUT2D eigenvalue weighted by atomic mass is 10.3. The van der Waals surface area contributed by atoms with Gasteiger partial charge in [-0.15, -0.1) is 0 Å². The molecule has 5 heteroatoms. The molecular weight excluding hydrogens is 270 g/mol. The molecule has 1 rings (SSSR count). The van der Waals surface area contributed by atoms with Crippen LogP contribution in [0.5, 0.6) is 5.75 Å². The number of methoxy groups -OCH3 is 1. The first-order valence-electron chi connectivity index (χ1n) is 7.22. The molecule has 4 nitrogen and oxygen atoms in total. The van der Waals surface area contributed by atoms with Gasteiger partial charge in [0.15, 0.2) is 5.11 Å². The van der Waals surface area contributed by atoms with Crippen molar-refractivity contribution in [2.45, 2.75) is 20.3 Å². The van der Waals surface area contributed by atoms with Crippen LogP contribution in [0.2, 0.25) is 0 Å². The van der Waals surface area contributed by atoms with E-state index in [9.17, 15) is 0 Å². The number of hydrogen-bond acceptors (Lipinski definition) is 2. The number of quaternary nitrogens is 1. The molecule has 0 saturated heterocycles. The van der Waals surface area contributed by atoms with Crippen LogP contribution >= 0.6 is 12.2 Å². The molecule has 3 N–H and O–H groups in total. The van der Waals surface area contributed by atoms with Gasteiger partial charge < -0.3 is 20.3 Å². The fourth-order valence-corrected chi connectivity index (χ4v) is 2.21. The maximum atomic E-state index is 5.27. The molecule has 0 heterocycles. The van der Waals surface area contributed by atoms with Gasteiger partial charge in [-0.2, -0.15) is 0 Å². The van der Waals surface area contributed by atoms with E-state index in [4.69, 9.17) is 17.0 Å². The van der Waals surface area contributed by atoms with Crippen molar-refractivity contribution in [3.8, 4) is 5.75 Å². The van der Waals surface area contributed by atoms with Crippen LogP contribution < -0.4 is 20.3 Å². The molecule has 0 saturated carbocycles. The van der Waals surface area contributed by atoms with Crippen molar-refractivity contribution >= 4 is 23.0 Å². The standard InChI is InChI=1S/C15H25N3OS/c1-4-18(5-2)12-6-11-16-15(20)17-13-7-9-14(19-3)10-8-13/h7-10H,4-6,11-12H2,1-3H3,(H2,16,17,20)/p+1. The Morgan fingerprint density at radius 2 is 1.85 bits per heavy atom. The van der Waals surface area contributed by atoms with E-state index in [2.05, 4.69) is 24.5 Å². The molecule has 0 radical (unpaired) electrons. The Morgan fingerprint density at radius 3 is 2.40 bits per heavy atom. The second-order valence-corrected chi connectivity index (χ2v) is 5.08. The summed E-state index contributed by atoms with van der Waals surface area (Å²) in [6.07, 6.45) is 1.13. The number of rotatable bonds is 8. The first-order chi connectivity index (χ1) is 9.69. The molecule has 0 unspecified atom stereocenters. The molecule has 0 spiro atoms. The molecule has 0 amide bonds. The lowest BCUT2D eigenvalue weighted by Crippen LogP contribution is -3.11. The van der Waals surface area contributed by atoms with Gasteiger partial charge in [-0.1, -0.05) is 0 Å². The summed E-state index contributed by atoms with van der Waals surface area (Å²) >= 11 is 5.27. The van der Waals surface area contributed by atoms with E-state index in [1.54, 1.807) is 12.0 Å². The van der Waals surface area contributed by atoms with Crippen LogP contribution in [0, 0.1) is 0 Å². The van der Waals surface area contributed by atoms with E-state index in [1.165, 1.54) is 19.6 Å². The van der Waals surface area contributed by atoms with Gasteiger partial charge >= 0.3 is 0 Å². The van der Waals surface area contributed by atoms with E-state index in [0.29, 0.717) is 5.11 Å². The molecule has 1 aromatic carbocycles. The van der Waals surface area contributed by atoms with Crippen molar-refractivity contribution in [1.29, 1.82) is 0 Å². The minimum Gasteiger partial charge on any atom is -0.497 e. The number of hydrogen-bond donors (Lipinski definition) is 3. The van der Waals surface area contributed by atoms with Gasteiger partial charge in [0.05, 0.1) is 26.7 Å². The summed E-state index contributed by atoms with van der Waals surface area (Å²) in [6.45, 7) is 8.91. The summed E-state index contributed by atoms with van der Waals surface area (Å²) in [5, 5.41) is 7.08. The molecule has 0 aliphatic heterocycles. The molecule has 0 aliphatic rings. The maximum absolute atomic E-state index is 5.27. The molecule has 112 valence electrons. The first-order valence-corrected chi connectivity index (χ1v) is 7.62. The van der Waals surface area contributed by atoms with Crippen LogP contribution in [-0.4, -0.2) is 38.4 Å². The lowest BCUT2D eigenvalue weighted by molar-refractivity contribution is -0.896. The third kappa shape index (κ3) is 6.21. The number of nitrogens with one attached hydrogen (secondary N) is 3. The quantitative estimate of drug-likeness (QED) is 0.499. The highest BCUT2D eigenvalue weighted by Gasteiger charge is 2.02. The number of anilines is 1. The Bertz CT molecular complexity index is 391. The number of benzene rings is 1. The van der Waals surface area contributed by atoms with Gasteiger partial charge in [-0.3, -0.25) is 0 Å². The van der Waals surface area contributed by atoms with Crippen LogP contribution in [0.15, 0.2) is 24.3 Å². The van der Waals surface area contributed by atoms with Crippen molar-refractivity contribution < 1.29 is 9.64 Å². The Balaban J connectivity index is 2.22. The highest BCUT2D eigenvalue weighted by molar-refractivity contribution is 7.80.